The van der Waals surface area contributed by atoms with Gasteiger partial charge in [0.2, 0.25) is 5.91 Å². The molecule has 20 heavy (non-hydrogen) atoms. The van der Waals surface area contributed by atoms with Crippen molar-refractivity contribution in [2.75, 3.05) is 6.54 Å². The second kappa shape index (κ2) is 9.78. The van der Waals surface area contributed by atoms with Crippen LogP contribution in [-0.4, -0.2) is 34.5 Å². The fourth-order valence-electron chi connectivity index (χ4n) is 2.52. The predicted octanol–water partition coefficient (Wildman–Crippen LogP) is 3.55. The van der Waals surface area contributed by atoms with Gasteiger partial charge in [-0.3, -0.25) is 9.59 Å². The van der Waals surface area contributed by atoms with Gasteiger partial charge in [-0.05, 0) is 31.6 Å². The molecule has 0 aromatic heterocycles. The van der Waals surface area contributed by atoms with Crippen LogP contribution < -0.4 is 0 Å². The molecule has 4 heteroatoms. The molecule has 2 atom stereocenters. The van der Waals surface area contributed by atoms with Gasteiger partial charge in [0.05, 0.1) is 0 Å². The Morgan fingerprint density at radius 3 is 1.95 bits per heavy atom. The number of carbonyl (C=O) groups is 2. The zero-order valence-corrected chi connectivity index (χ0v) is 13.7. The van der Waals surface area contributed by atoms with Gasteiger partial charge >= 0.3 is 5.97 Å². The molecule has 0 spiro atoms. The lowest BCUT2D eigenvalue weighted by Crippen LogP contribution is -2.46. The van der Waals surface area contributed by atoms with Gasteiger partial charge in [0.25, 0.3) is 0 Å². The third-order valence-electron chi connectivity index (χ3n) is 4.06. The molecule has 0 radical (unpaired) electrons. The lowest BCUT2D eigenvalue weighted by atomic mass is 9.92. The first-order valence-corrected chi connectivity index (χ1v) is 7.95. The van der Waals surface area contributed by atoms with Gasteiger partial charge in [-0.2, -0.15) is 0 Å². The largest absolute Gasteiger partial charge is 0.481 e. The van der Waals surface area contributed by atoms with Crippen molar-refractivity contribution in [3.8, 4) is 0 Å². The second-order valence-electron chi connectivity index (χ2n) is 5.64. The first-order valence-electron chi connectivity index (χ1n) is 7.95. The molecule has 1 unspecified atom stereocenters. The van der Waals surface area contributed by atoms with Crippen molar-refractivity contribution in [3.05, 3.63) is 0 Å². The Hall–Kier alpha value is -1.06. The van der Waals surface area contributed by atoms with Crippen LogP contribution in [0, 0.1) is 11.8 Å². The number of nitrogens with zero attached hydrogens (tertiary/aromatic N) is 1. The zero-order valence-electron chi connectivity index (χ0n) is 13.7. The quantitative estimate of drug-likeness (QED) is 0.624. The second-order valence-corrected chi connectivity index (χ2v) is 5.64. The van der Waals surface area contributed by atoms with E-state index in [0.29, 0.717) is 13.0 Å². The smallest absolute Gasteiger partial charge is 0.316 e. The summed E-state index contributed by atoms with van der Waals surface area (Å²) in [5.74, 6) is -1.82. The number of hydrogen-bond acceptors (Lipinski definition) is 2. The average molecular weight is 285 g/mol. The molecular weight excluding hydrogens is 254 g/mol. The minimum atomic E-state index is -0.984. The van der Waals surface area contributed by atoms with Gasteiger partial charge in [-0.25, -0.2) is 0 Å². The molecule has 0 rings (SSSR count). The van der Waals surface area contributed by atoms with E-state index < -0.39 is 11.9 Å². The maximum Gasteiger partial charge on any atom is 0.316 e. The Bertz CT molecular complexity index is 300. The van der Waals surface area contributed by atoms with Crippen molar-refractivity contribution >= 4 is 11.9 Å². The first kappa shape index (κ1) is 18.9. The maximum absolute atomic E-state index is 12.6. The number of amides is 1. The van der Waals surface area contributed by atoms with E-state index in [1.807, 2.05) is 20.8 Å². The molecule has 0 aliphatic rings. The van der Waals surface area contributed by atoms with E-state index in [4.69, 9.17) is 0 Å². The number of aliphatic carboxylic acids is 1. The highest BCUT2D eigenvalue weighted by molar-refractivity contribution is 5.97. The monoisotopic (exact) mass is 285 g/mol. The van der Waals surface area contributed by atoms with Crippen LogP contribution in [0.5, 0.6) is 0 Å². The number of hydrogen-bond donors (Lipinski definition) is 1. The van der Waals surface area contributed by atoms with E-state index >= 15 is 0 Å². The molecule has 0 heterocycles. The molecule has 0 aromatic carbocycles. The summed E-state index contributed by atoms with van der Waals surface area (Å²) in [6.45, 7) is 10.8. The Morgan fingerprint density at radius 1 is 1.05 bits per heavy atom. The van der Waals surface area contributed by atoms with Crippen LogP contribution >= 0.6 is 0 Å². The van der Waals surface area contributed by atoms with Crippen LogP contribution in [0.2, 0.25) is 0 Å². The lowest BCUT2D eigenvalue weighted by Gasteiger charge is -2.33. The third-order valence-corrected chi connectivity index (χ3v) is 4.06. The van der Waals surface area contributed by atoms with E-state index in [1.54, 1.807) is 4.90 Å². The summed E-state index contributed by atoms with van der Waals surface area (Å²) < 4.78 is 0. The van der Waals surface area contributed by atoms with Crippen LogP contribution in [0.1, 0.15) is 66.7 Å². The number of carboxylic acid groups (broad SMARTS) is 1. The van der Waals surface area contributed by atoms with Gasteiger partial charge in [-0.1, -0.05) is 41.0 Å². The van der Waals surface area contributed by atoms with Crippen LogP contribution in [0.25, 0.3) is 0 Å². The highest BCUT2D eigenvalue weighted by atomic mass is 16.4. The van der Waals surface area contributed by atoms with Crippen molar-refractivity contribution in [2.45, 2.75) is 72.8 Å². The molecule has 0 saturated carbocycles. The molecule has 1 amide bonds. The normalized spacial score (nSPS) is 14.1. The summed E-state index contributed by atoms with van der Waals surface area (Å²) in [6, 6.07) is 0.154. The Balaban J connectivity index is 5.09. The van der Waals surface area contributed by atoms with Crippen LogP contribution in [0.4, 0.5) is 0 Å². The van der Waals surface area contributed by atoms with E-state index in [-0.39, 0.29) is 17.9 Å². The van der Waals surface area contributed by atoms with Crippen molar-refractivity contribution in [1.82, 2.24) is 4.90 Å². The minimum absolute atomic E-state index is 0.154. The van der Waals surface area contributed by atoms with Crippen molar-refractivity contribution in [2.24, 2.45) is 11.8 Å². The van der Waals surface area contributed by atoms with Crippen LogP contribution in [0.15, 0.2) is 0 Å². The van der Waals surface area contributed by atoms with Gasteiger partial charge < -0.3 is 10.0 Å². The minimum Gasteiger partial charge on any atom is -0.481 e. The summed E-state index contributed by atoms with van der Waals surface area (Å²) in [6.07, 6.45) is 3.94. The molecule has 0 aliphatic heterocycles. The van der Waals surface area contributed by atoms with Crippen molar-refractivity contribution in [1.29, 1.82) is 0 Å². The lowest BCUT2D eigenvalue weighted by molar-refractivity contribution is -0.153. The molecule has 0 aromatic rings. The first-order chi connectivity index (χ1) is 9.42. The average Bonchev–Trinajstić information content (AvgIpc) is 2.43. The molecule has 1 N–H and O–H groups in total. The molecular formula is C16H31NO3. The standard InChI is InChI=1S/C16H31NO3/c1-6-10-17(13(8-3)9-4)15(18)14(16(19)20)11-12(5)7-2/h12-14H,6-11H2,1-5H3,(H,19,20)/t12?,14-/m1/s1. The molecule has 0 saturated heterocycles. The number of carbonyl (C=O) groups excluding carboxylic acids is 1. The van der Waals surface area contributed by atoms with Gasteiger partial charge in [0.15, 0.2) is 0 Å². The van der Waals surface area contributed by atoms with E-state index in [1.165, 1.54) is 0 Å². The van der Waals surface area contributed by atoms with E-state index in [9.17, 15) is 14.7 Å². The fourth-order valence-corrected chi connectivity index (χ4v) is 2.52. The Kier molecular flexibility index (Phi) is 9.26. The number of rotatable bonds is 10. The fraction of sp³-hybridized carbons (Fsp3) is 0.875. The van der Waals surface area contributed by atoms with Gasteiger partial charge in [0.1, 0.15) is 5.92 Å². The summed E-state index contributed by atoms with van der Waals surface area (Å²) in [5.41, 5.74) is 0. The molecule has 0 bridgehead atoms. The highest BCUT2D eigenvalue weighted by Gasteiger charge is 2.33. The topological polar surface area (TPSA) is 57.6 Å². The Labute approximate surface area is 123 Å². The third kappa shape index (κ3) is 5.51. The highest BCUT2D eigenvalue weighted by Crippen LogP contribution is 2.21. The summed E-state index contributed by atoms with van der Waals surface area (Å²) in [4.78, 5) is 25.9. The van der Waals surface area contributed by atoms with Crippen molar-refractivity contribution in [3.63, 3.8) is 0 Å². The SMILES string of the molecule is CCCN(C(=O)[C@@H](CC(C)CC)C(=O)O)C(CC)CC. The summed E-state index contributed by atoms with van der Waals surface area (Å²) >= 11 is 0. The van der Waals surface area contributed by atoms with Crippen LogP contribution in [-0.2, 0) is 9.59 Å². The molecule has 118 valence electrons. The summed E-state index contributed by atoms with van der Waals surface area (Å²) in [7, 11) is 0. The summed E-state index contributed by atoms with van der Waals surface area (Å²) in [5, 5.41) is 9.38. The number of carboxylic acids is 1. The molecule has 0 aliphatic carbocycles. The predicted molar refractivity (Wildman–Crippen MR) is 81.6 cm³/mol. The van der Waals surface area contributed by atoms with Gasteiger partial charge in [-0.15, -0.1) is 0 Å². The van der Waals surface area contributed by atoms with E-state index in [2.05, 4.69) is 13.8 Å². The van der Waals surface area contributed by atoms with E-state index in [0.717, 1.165) is 25.7 Å². The van der Waals surface area contributed by atoms with Crippen molar-refractivity contribution < 1.29 is 14.7 Å². The zero-order chi connectivity index (χ0) is 15.7. The Morgan fingerprint density at radius 2 is 1.60 bits per heavy atom. The van der Waals surface area contributed by atoms with Gasteiger partial charge in [0, 0.05) is 12.6 Å². The van der Waals surface area contributed by atoms with Crippen LogP contribution in [0.3, 0.4) is 0 Å². The molecule has 0 fully saturated rings. The molecule has 4 nitrogen and oxygen atoms in total. The maximum atomic E-state index is 12.6.